The minimum absolute atomic E-state index is 0.0274. The second-order valence-corrected chi connectivity index (χ2v) is 18.3. The number of anilines is 6. The summed E-state index contributed by atoms with van der Waals surface area (Å²) in [4.78, 5) is 5.09. The quantitative estimate of drug-likeness (QED) is 0.164. The van der Waals surface area contributed by atoms with E-state index in [1.165, 1.54) is 116 Å². The van der Waals surface area contributed by atoms with Crippen LogP contribution in [0.1, 0.15) is 22.3 Å². The summed E-state index contributed by atoms with van der Waals surface area (Å²) in [5.74, 6) is 0. The Hall–Kier alpha value is -8.40. The van der Waals surface area contributed by atoms with Crippen LogP contribution in [0.2, 0.25) is 0 Å². The van der Waals surface area contributed by atoms with Crippen molar-refractivity contribution in [3.8, 4) is 33.4 Å². The fourth-order valence-corrected chi connectivity index (χ4v) is 12.7. The molecule has 0 saturated heterocycles. The van der Waals surface area contributed by atoms with E-state index in [1.807, 2.05) is 0 Å². The van der Waals surface area contributed by atoms with Gasteiger partial charge in [-0.2, -0.15) is 0 Å². The van der Waals surface area contributed by atoms with Gasteiger partial charge in [-0.25, -0.2) is 0 Å². The Bertz CT molecular complexity index is 3660. The van der Waals surface area contributed by atoms with E-state index in [1.54, 1.807) is 0 Å². The van der Waals surface area contributed by atoms with Crippen molar-refractivity contribution in [3.05, 3.63) is 259 Å². The van der Waals surface area contributed by atoms with Crippen molar-refractivity contribution in [1.29, 1.82) is 0 Å². The molecule has 66 heavy (non-hydrogen) atoms. The maximum Gasteiger partial charge on any atom is 0.253 e. The maximum atomic E-state index is 2.55. The number of rotatable bonds is 3. The van der Waals surface area contributed by atoms with E-state index in [4.69, 9.17) is 0 Å². The molecule has 0 saturated carbocycles. The number of nitrogens with zero attached hydrogens (tertiary/aromatic N) is 2. The summed E-state index contributed by atoms with van der Waals surface area (Å²) >= 11 is 0. The van der Waals surface area contributed by atoms with Crippen molar-refractivity contribution in [3.63, 3.8) is 0 Å². The van der Waals surface area contributed by atoms with Gasteiger partial charge in [0.2, 0.25) is 0 Å². The topological polar surface area (TPSA) is 6.48 Å². The van der Waals surface area contributed by atoms with Crippen LogP contribution in [0.25, 0.3) is 54.9 Å². The highest BCUT2D eigenvalue weighted by Gasteiger charge is 2.52. The van der Waals surface area contributed by atoms with Gasteiger partial charge in [0, 0.05) is 34.1 Å². The molecule has 0 fully saturated rings. The van der Waals surface area contributed by atoms with Crippen molar-refractivity contribution in [2.75, 3.05) is 9.80 Å². The molecule has 11 aromatic carbocycles. The highest BCUT2D eigenvalue weighted by atomic mass is 15.2. The standard InChI is InChI=1S/C63H39BN2/c1-3-19-44(20-4-1)65-56-35-32-40-17-7-9-23-46(40)60(56)64-61-47-24-10-8-18-41(47)33-36-57(61)66(45-21-5-2-6-22-45)59-39-43(38-58(65)62(59)64)42-31-34-55-51(37-42)50-27-13-16-30-54(50)63(55)52-28-14-11-25-48(52)49-26-12-15-29-53(49)63/h1-39H. The zero-order chi connectivity index (χ0) is 43.1. The summed E-state index contributed by atoms with van der Waals surface area (Å²) in [5, 5.41) is 5.08. The lowest BCUT2D eigenvalue weighted by Crippen LogP contribution is -2.61. The average Bonchev–Trinajstić information content (AvgIpc) is 3.86. The van der Waals surface area contributed by atoms with Gasteiger partial charge in [-0.05, 0) is 148 Å². The van der Waals surface area contributed by atoms with Crippen LogP contribution in [0.4, 0.5) is 34.1 Å². The molecule has 15 rings (SSSR count). The SMILES string of the molecule is c1ccc(N2c3cc(-c4ccc5c(c4)-c4ccccc4C54c5ccccc5-c5ccccc54)cc4c3B(c3c2ccc2ccccc32)c2c(ccc3ccccc23)N4c2ccccc2)cc1. The highest BCUT2D eigenvalue weighted by Crippen LogP contribution is 2.63. The predicted octanol–water partition coefficient (Wildman–Crippen LogP) is 14.1. The van der Waals surface area contributed by atoms with E-state index in [0.717, 1.165) is 11.4 Å². The van der Waals surface area contributed by atoms with Crippen LogP contribution in [0.15, 0.2) is 237 Å². The lowest BCUT2D eigenvalue weighted by molar-refractivity contribution is 0.794. The van der Waals surface area contributed by atoms with Gasteiger partial charge in [-0.15, -0.1) is 0 Å². The van der Waals surface area contributed by atoms with Crippen LogP contribution in [0.5, 0.6) is 0 Å². The molecule has 0 radical (unpaired) electrons. The first kappa shape index (κ1) is 36.0. The van der Waals surface area contributed by atoms with Crippen molar-refractivity contribution < 1.29 is 0 Å². The Morgan fingerprint density at radius 1 is 0.288 bits per heavy atom. The average molecular weight is 835 g/mol. The Morgan fingerprint density at radius 3 is 1.23 bits per heavy atom. The van der Waals surface area contributed by atoms with Crippen LogP contribution >= 0.6 is 0 Å². The normalized spacial score (nSPS) is 14.1. The fourth-order valence-electron chi connectivity index (χ4n) is 12.7. The van der Waals surface area contributed by atoms with Crippen LogP contribution in [0, 0.1) is 0 Å². The molecule has 4 aliphatic rings. The Labute approximate surface area is 384 Å². The zero-order valence-corrected chi connectivity index (χ0v) is 36.0. The zero-order valence-electron chi connectivity index (χ0n) is 36.0. The van der Waals surface area contributed by atoms with Crippen molar-refractivity contribution >= 4 is 78.8 Å². The van der Waals surface area contributed by atoms with Crippen molar-refractivity contribution in [2.24, 2.45) is 0 Å². The van der Waals surface area contributed by atoms with E-state index >= 15 is 0 Å². The smallest absolute Gasteiger partial charge is 0.253 e. The highest BCUT2D eigenvalue weighted by molar-refractivity contribution is 7.03. The third-order valence-corrected chi connectivity index (χ3v) is 15.2. The molecule has 11 aromatic rings. The Kier molecular flexibility index (Phi) is 7.27. The number of hydrogen-bond acceptors (Lipinski definition) is 2. The molecule has 304 valence electrons. The molecule has 0 bridgehead atoms. The first-order valence-corrected chi connectivity index (χ1v) is 23.1. The Morgan fingerprint density at radius 2 is 0.712 bits per heavy atom. The van der Waals surface area contributed by atoms with E-state index in [0.29, 0.717) is 0 Å². The summed E-state index contributed by atoms with van der Waals surface area (Å²) in [6.07, 6.45) is 0. The summed E-state index contributed by atoms with van der Waals surface area (Å²) in [6, 6.07) is 88.9. The van der Waals surface area contributed by atoms with Crippen LogP contribution in [0.3, 0.4) is 0 Å². The van der Waals surface area contributed by atoms with Crippen LogP contribution in [-0.2, 0) is 5.41 Å². The molecule has 3 heteroatoms. The monoisotopic (exact) mass is 834 g/mol. The van der Waals surface area contributed by atoms with Gasteiger partial charge in [-0.3, -0.25) is 0 Å². The fraction of sp³-hybridized carbons (Fsp3) is 0.0159. The molecular formula is C63H39BN2. The van der Waals surface area contributed by atoms with Crippen LogP contribution < -0.4 is 26.2 Å². The molecule has 2 nitrogen and oxygen atoms in total. The lowest BCUT2D eigenvalue weighted by Gasteiger charge is -2.45. The van der Waals surface area contributed by atoms with Gasteiger partial charge in [0.1, 0.15) is 0 Å². The minimum Gasteiger partial charge on any atom is -0.311 e. The number of benzene rings is 11. The van der Waals surface area contributed by atoms with E-state index < -0.39 is 0 Å². The second-order valence-electron chi connectivity index (χ2n) is 18.3. The minimum atomic E-state index is -0.389. The summed E-state index contributed by atoms with van der Waals surface area (Å²) < 4.78 is 0. The van der Waals surface area contributed by atoms with Gasteiger partial charge >= 0.3 is 0 Å². The summed E-state index contributed by atoms with van der Waals surface area (Å²) in [6.45, 7) is -0.0274. The maximum absolute atomic E-state index is 2.55. The molecule has 1 spiro atoms. The lowest BCUT2D eigenvalue weighted by atomic mass is 9.32. The second kappa shape index (κ2) is 13.3. The molecular weight excluding hydrogens is 796 g/mol. The van der Waals surface area contributed by atoms with Gasteiger partial charge in [0.15, 0.2) is 0 Å². The first-order chi connectivity index (χ1) is 32.8. The molecule has 0 aromatic heterocycles. The third kappa shape index (κ3) is 4.61. The molecule has 0 amide bonds. The summed E-state index contributed by atoms with van der Waals surface area (Å²) in [7, 11) is 0. The van der Waals surface area contributed by atoms with E-state index in [-0.39, 0.29) is 12.1 Å². The van der Waals surface area contributed by atoms with Crippen molar-refractivity contribution in [1.82, 2.24) is 0 Å². The van der Waals surface area contributed by atoms with Crippen LogP contribution in [-0.4, -0.2) is 6.71 Å². The van der Waals surface area contributed by atoms with E-state index in [2.05, 4.69) is 246 Å². The molecule has 2 aliphatic carbocycles. The molecule has 2 heterocycles. The van der Waals surface area contributed by atoms with Gasteiger partial charge in [0.25, 0.3) is 6.71 Å². The van der Waals surface area contributed by atoms with E-state index in [9.17, 15) is 0 Å². The molecule has 0 atom stereocenters. The summed E-state index contributed by atoms with van der Waals surface area (Å²) in [5.41, 5.74) is 23.8. The number of para-hydroxylation sites is 2. The molecule has 0 unspecified atom stereocenters. The van der Waals surface area contributed by atoms with Gasteiger partial charge in [0.05, 0.1) is 5.41 Å². The number of fused-ring (bicyclic) bond motifs is 18. The van der Waals surface area contributed by atoms with Gasteiger partial charge in [-0.1, -0.05) is 182 Å². The Balaban J connectivity index is 1.05. The predicted molar refractivity (Wildman–Crippen MR) is 277 cm³/mol. The van der Waals surface area contributed by atoms with Gasteiger partial charge < -0.3 is 9.80 Å². The largest absolute Gasteiger partial charge is 0.311 e. The number of hydrogen-bond donors (Lipinski definition) is 0. The van der Waals surface area contributed by atoms with Crippen molar-refractivity contribution in [2.45, 2.75) is 5.41 Å². The molecule has 2 aliphatic heterocycles. The first-order valence-electron chi connectivity index (χ1n) is 23.1. The third-order valence-electron chi connectivity index (χ3n) is 15.2. The molecule has 0 N–H and O–H groups in total.